The molecule has 0 aromatic heterocycles. The van der Waals surface area contributed by atoms with Crippen LogP contribution in [0.25, 0.3) is 11.1 Å². The van der Waals surface area contributed by atoms with Crippen LogP contribution in [0.3, 0.4) is 0 Å². The largest absolute Gasteiger partial charge is 0.435 e. The lowest BCUT2D eigenvalue weighted by molar-refractivity contribution is 0.459. The van der Waals surface area contributed by atoms with Crippen LogP contribution >= 0.6 is 16.8 Å². The summed E-state index contributed by atoms with van der Waals surface area (Å²) in [6.45, 7) is 63.5. The van der Waals surface area contributed by atoms with Crippen LogP contribution in [0.4, 0.5) is 0 Å². The van der Waals surface area contributed by atoms with E-state index >= 15 is 0 Å². The smallest absolute Gasteiger partial charge is 0.326 e. The highest BCUT2D eigenvalue weighted by atomic mass is 31.2. The van der Waals surface area contributed by atoms with Gasteiger partial charge in [0.05, 0.1) is 10.6 Å². The number of benzene rings is 6. The minimum Gasteiger partial charge on any atom is -0.435 e. The van der Waals surface area contributed by atoms with Gasteiger partial charge in [-0.3, -0.25) is 0 Å². The molecule has 0 saturated heterocycles. The van der Waals surface area contributed by atoms with Crippen molar-refractivity contribution in [3.63, 3.8) is 0 Å². The van der Waals surface area contributed by atoms with Crippen LogP contribution in [-0.2, 0) is 43.3 Å². The van der Waals surface area contributed by atoms with Gasteiger partial charge in [0.2, 0.25) is 0 Å². The van der Waals surface area contributed by atoms with Crippen LogP contribution in [0.1, 0.15) is 233 Å². The summed E-state index contributed by atoms with van der Waals surface area (Å²) in [5, 5.41) is 2.00. The molecule has 6 aromatic carbocycles. The van der Waals surface area contributed by atoms with Crippen LogP contribution in [0.5, 0.6) is 23.0 Å². The van der Waals surface area contributed by atoms with Crippen molar-refractivity contribution in [1.82, 2.24) is 0 Å². The molecule has 0 bridgehead atoms. The van der Waals surface area contributed by atoms with E-state index in [-0.39, 0.29) is 43.3 Å². The first-order valence-electron chi connectivity index (χ1n) is 28.5. The Morgan fingerprint density at radius 3 is 0.526 bits per heavy atom. The molecule has 0 heterocycles. The van der Waals surface area contributed by atoms with Gasteiger partial charge < -0.3 is 18.1 Å². The molecule has 0 unspecified atom stereocenters. The minimum atomic E-state index is -1.69. The van der Waals surface area contributed by atoms with Crippen molar-refractivity contribution in [3.05, 3.63) is 164 Å². The predicted molar refractivity (Wildman–Crippen MR) is 342 cm³/mol. The maximum atomic E-state index is 7.51. The van der Waals surface area contributed by atoms with Crippen LogP contribution in [0.2, 0.25) is 0 Å². The van der Waals surface area contributed by atoms with Crippen molar-refractivity contribution in [2.24, 2.45) is 0 Å². The highest BCUT2D eigenvalue weighted by Gasteiger charge is 2.35. The third kappa shape index (κ3) is 13.9. The van der Waals surface area contributed by atoms with E-state index in [1.54, 1.807) is 0 Å². The van der Waals surface area contributed by atoms with Gasteiger partial charge >= 0.3 is 16.8 Å². The molecule has 6 heteroatoms. The molecule has 422 valence electrons. The third-order valence-electron chi connectivity index (χ3n) is 15.3. The third-order valence-corrected chi connectivity index (χ3v) is 18.1. The van der Waals surface area contributed by atoms with E-state index in [1.165, 1.54) is 44.5 Å². The van der Waals surface area contributed by atoms with Gasteiger partial charge in [-0.25, -0.2) is 0 Å². The molecule has 0 amide bonds. The summed E-state index contributed by atoms with van der Waals surface area (Å²) in [4.78, 5) is 0. The fourth-order valence-electron chi connectivity index (χ4n) is 11.0. The number of rotatable bonds is 11. The number of hydrogen-bond acceptors (Lipinski definition) is 4. The van der Waals surface area contributed by atoms with E-state index in [0.29, 0.717) is 0 Å². The average Bonchev–Trinajstić information content (AvgIpc) is 3.27. The minimum absolute atomic E-state index is 0.0762. The number of hydrogen-bond donors (Lipinski definition) is 0. The molecule has 0 fully saturated rings. The van der Waals surface area contributed by atoms with Crippen molar-refractivity contribution in [1.29, 1.82) is 0 Å². The second kappa shape index (κ2) is 22.0. The maximum absolute atomic E-state index is 7.51. The van der Waals surface area contributed by atoms with Gasteiger partial charge in [0.15, 0.2) is 0 Å². The Morgan fingerprint density at radius 2 is 0.372 bits per heavy atom. The Labute approximate surface area is 478 Å². The molecule has 0 aliphatic carbocycles. The highest BCUT2D eigenvalue weighted by molar-refractivity contribution is 7.57. The molecule has 0 N–H and O–H groups in total. The predicted octanol–water partition coefficient (Wildman–Crippen LogP) is 21.2. The van der Waals surface area contributed by atoms with E-state index in [4.69, 9.17) is 18.1 Å². The van der Waals surface area contributed by atoms with E-state index in [2.05, 4.69) is 291 Å². The van der Waals surface area contributed by atoms with Gasteiger partial charge in [-0.15, -0.1) is 0 Å². The lowest BCUT2D eigenvalue weighted by atomic mass is 9.79. The lowest BCUT2D eigenvalue weighted by Crippen LogP contribution is -2.21. The molecule has 6 aromatic rings. The first-order chi connectivity index (χ1) is 35.4. The van der Waals surface area contributed by atoms with Crippen molar-refractivity contribution in [2.45, 2.75) is 237 Å². The first kappa shape index (κ1) is 62.6. The monoisotopic (exact) mass is 1090 g/mol. The van der Waals surface area contributed by atoms with Crippen LogP contribution in [-0.4, -0.2) is 0 Å². The Balaban J connectivity index is 1.52. The van der Waals surface area contributed by atoms with Gasteiger partial charge in [0.25, 0.3) is 0 Å². The zero-order valence-corrected chi connectivity index (χ0v) is 55.6. The van der Waals surface area contributed by atoms with E-state index in [1.807, 2.05) is 0 Å². The Hall–Kier alpha value is -4.62. The highest BCUT2D eigenvalue weighted by Crippen LogP contribution is 2.53. The summed E-state index contributed by atoms with van der Waals surface area (Å²) in [5.74, 6) is 3.64. The summed E-state index contributed by atoms with van der Waals surface area (Å²) < 4.78 is 30.0. The fraction of sp³-hybridized carbons (Fsp3) is 0.500. The summed E-state index contributed by atoms with van der Waals surface area (Å²) in [6.07, 6.45) is 0. The Kier molecular flexibility index (Phi) is 17.7. The van der Waals surface area contributed by atoms with Gasteiger partial charge in [0, 0.05) is 22.3 Å². The summed E-state index contributed by atoms with van der Waals surface area (Å²) in [5.41, 5.74) is 15.6. The van der Waals surface area contributed by atoms with Gasteiger partial charge in [-0.05, 0) is 151 Å². The van der Waals surface area contributed by atoms with Crippen LogP contribution in [0, 0.1) is 27.7 Å². The van der Waals surface area contributed by atoms with Crippen molar-refractivity contribution < 1.29 is 18.1 Å². The van der Waals surface area contributed by atoms with Crippen molar-refractivity contribution in [3.8, 4) is 34.1 Å². The second-order valence-corrected chi connectivity index (χ2v) is 33.2. The zero-order chi connectivity index (χ0) is 58.8. The average molecular weight is 1090 g/mol. The normalized spacial score (nSPS) is 13.4. The molecule has 0 saturated carbocycles. The van der Waals surface area contributed by atoms with Crippen molar-refractivity contribution >= 4 is 27.4 Å². The summed E-state index contributed by atoms with van der Waals surface area (Å²) in [7, 11) is -3.37. The second-order valence-electron chi connectivity index (χ2n) is 30.4. The van der Waals surface area contributed by atoms with Gasteiger partial charge in [-0.1, -0.05) is 239 Å². The zero-order valence-electron chi connectivity index (χ0n) is 53.8. The topological polar surface area (TPSA) is 36.9 Å². The molecule has 4 nitrogen and oxygen atoms in total. The van der Waals surface area contributed by atoms with E-state index in [0.717, 1.165) is 67.0 Å². The standard InChI is InChI=1S/C72H100O4P2/c1-45-53(65(5,6)7)37-41-57(69(17,18)19)61(45)73-77(74-62-46(2)54(66(8,9)10)38-42-58(62)70(20,21)22)51-33-29-49(30-34-51)50-31-35-52(36-32-50)78(75-63-47(3)55(67(11,12)13)39-43-59(63)71(23,24)25)76-64-48(4)56(68(14,15)16)40-44-60(64)72(26,27)28/h29-44H,1-28H3. The molecule has 0 aliphatic heterocycles. The van der Waals surface area contributed by atoms with Crippen LogP contribution in [0.15, 0.2) is 97.1 Å². The summed E-state index contributed by atoms with van der Waals surface area (Å²) in [6, 6.07) is 36.0. The maximum Gasteiger partial charge on any atom is 0.326 e. The molecular formula is C72H100O4P2. The quantitative estimate of drug-likeness (QED) is 0.121. The molecule has 6 rings (SSSR count). The van der Waals surface area contributed by atoms with Crippen LogP contribution < -0.4 is 28.7 Å². The molecule has 0 atom stereocenters. The summed E-state index contributed by atoms with van der Waals surface area (Å²) >= 11 is 0. The Morgan fingerprint density at radius 1 is 0.218 bits per heavy atom. The molecule has 0 radical (unpaired) electrons. The SMILES string of the molecule is Cc1c(C(C)(C)C)ccc(C(C)(C)C)c1OP(Oc1c(C(C)(C)C)ccc(C(C)(C)C)c1C)c1ccc(-c2ccc(P(Oc3c(C(C)(C)C)ccc(C(C)(C)C)c3C)Oc3c(C(C)(C)C)ccc(C(C)(C)C)c3C)cc2)cc1. The van der Waals surface area contributed by atoms with Gasteiger partial charge in [0.1, 0.15) is 23.0 Å². The van der Waals surface area contributed by atoms with E-state index < -0.39 is 16.8 Å². The lowest BCUT2D eigenvalue weighted by Gasteiger charge is -2.33. The molecule has 0 aliphatic rings. The van der Waals surface area contributed by atoms with Gasteiger partial charge in [-0.2, -0.15) is 0 Å². The molecule has 0 spiro atoms. The van der Waals surface area contributed by atoms with E-state index in [9.17, 15) is 0 Å². The van der Waals surface area contributed by atoms with Crippen molar-refractivity contribution in [2.75, 3.05) is 0 Å². The molecule has 78 heavy (non-hydrogen) atoms. The fourth-order valence-corrected chi connectivity index (χ4v) is 13.9. The first-order valence-corrected chi connectivity index (χ1v) is 30.9. The molecular weight excluding hydrogens is 991 g/mol. The Bertz CT molecular complexity index is 2720.